The Labute approximate surface area is 142 Å². The van der Waals surface area contributed by atoms with Crippen LogP contribution in [0.1, 0.15) is 5.56 Å². The van der Waals surface area contributed by atoms with Crippen molar-refractivity contribution in [1.29, 1.82) is 0 Å². The quantitative estimate of drug-likeness (QED) is 0.708. The number of nitrogens with one attached hydrogen (secondary N) is 2. The summed E-state index contributed by atoms with van der Waals surface area (Å²) in [7, 11) is 0. The standard InChI is InChI=1S/C17H24N6O/c18-17-21-15(19-6-7-23-8-10-24-11-9-23)12-16(22-17)20-13-14-4-2-1-3-5-14/h1-5,12H,6-11,13H2,(H4,18,19,20,21,22). The molecule has 1 saturated heterocycles. The predicted molar refractivity (Wildman–Crippen MR) is 96.0 cm³/mol. The molecule has 0 spiro atoms. The van der Waals surface area contributed by atoms with Crippen LogP contribution >= 0.6 is 0 Å². The number of aromatic nitrogens is 2. The third kappa shape index (κ3) is 5.07. The van der Waals surface area contributed by atoms with E-state index in [1.54, 1.807) is 0 Å². The van der Waals surface area contributed by atoms with Crippen molar-refractivity contribution in [2.75, 3.05) is 55.8 Å². The van der Waals surface area contributed by atoms with Gasteiger partial charge in [0.2, 0.25) is 5.95 Å². The van der Waals surface area contributed by atoms with E-state index in [4.69, 9.17) is 10.5 Å². The minimum atomic E-state index is 0.266. The van der Waals surface area contributed by atoms with Gasteiger partial charge in [-0.1, -0.05) is 30.3 Å². The Balaban J connectivity index is 1.51. The SMILES string of the molecule is Nc1nc(NCCN2CCOCC2)cc(NCc2ccccc2)n1. The maximum Gasteiger partial charge on any atom is 0.223 e. The maximum atomic E-state index is 5.81. The van der Waals surface area contributed by atoms with E-state index in [9.17, 15) is 0 Å². The van der Waals surface area contributed by atoms with E-state index < -0.39 is 0 Å². The molecule has 0 saturated carbocycles. The fourth-order valence-electron chi connectivity index (χ4n) is 2.60. The highest BCUT2D eigenvalue weighted by atomic mass is 16.5. The van der Waals surface area contributed by atoms with Gasteiger partial charge in [0.1, 0.15) is 11.6 Å². The van der Waals surface area contributed by atoms with Gasteiger partial charge < -0.3 is 21.1 Å². The van der Waals surface area contributed by atoms with Crippen LogP contribution < -0.4 is 16.4 Å². The number of benzene rings is 1. The van der Waals surface area contributed by atoms with E-state index >= 15 is 0 Å². The zero-order valence-corrected chi connectivity index (χ0v) is 13.7. The molecule has 1 aliphatic heterocycles. The largest absolute Gasteiger partial charge is 0.379 e. The van der Waals surface area contributed by atoms with Crippen LogP contribution in [0.5, 0.6) is 0 Å². The number of nitrogens with two attached hydrogens (primary N) is 1. The fourth-order valence-corrected chi connectivity index (χ4v) is 2.60. The highest BCUT2D eigenvalue weighted by Gasteiger charge is 2.09. The lowest BCUT2D eigenvalue weighted by Gasteiger charge is -2.26. The van der Waals surface area contributed by atoms with E-state index in [-0.39, 0.29) is 5.95 Å². The van der Waals surface area contributed by atoms with Crippen LogP contribution in [-0.4, -0.2) is 54.3 Å². The number of nitrogen functional groups attached to an aromatic ring is 1. The lowest BCUT2D eigenvalue weighted by atomic mass is 10.2. The molecule has 1 aliphatic rings. The molecule has 0 bridgehead atoms. The number of ether oxygens (including phenoxy) is 1. The lowest BCUT2D eigenvalue weighted by molar-refractivity contribution is 0.0398. The summed E-state index contributed by atoms with van der Waals surface area (Å²) >= 11 is 0. The van der Waals surface area contributed by atoms with Crippen LogP contribution in [0.3, 0.4) is 0 Å². The fraction of sp³-hybridized carbons (Fsp3) is 0.412. The molecule has 2 aromatic rings. The summed E-state index contributed by atoms with van der Waals surface area (Å²) < 4.78 is 5.35. The number of hydrogen-bond donors (Lipinski definition) is 3. The summed E-state index contributed by atoms with van der Waals surface area (Å²) in [4.78, 5) is 10.8. The highest BCUT2D eigenvalue weighted by molar-refractivity contribution is 5.51. The van der Waals surface area contributed by atoms with E-state index in [0.29, 0.717) is 6.54 Å². The molecule has 1 aromatic heterocycles. The molecule has 1 fully saturated rings. The molecule has 4 N–H and O–H groups in total. The van der Waals surface area contributed by atoms with Crippen molar-refractivity contribution in [3.63, 3.8) is 0 Å². The Bertz CT molecular complexity index is 630. The van der Waals surface area contributed by atoms with Gasteiger partial charge in [-0.15, -0.1) is 0 Å². The van der Waals surface area contributed by atoms with Crippen LogP contribution in [0.15, 0.2) is 36.4 Å². The van der Waals surface area contributed by atoms with Gasteiger partial charge in [-0.05, 0) is 5.56 Å². The molecule has 7 heteroatoms. The predicted octanol–water partition coefficient (Wildman–Crippen LogP) is 1.41. The first-order chi connectivity index (χ1) is 11.8. The Morgan fingerprint density at radius 2 is 1.75 bits per heavy atom. The first kappa shape index (κ1) is 16.5. The molecule has 0 amide bonds. The van der Waals surface area contributed by atoms with Gasteiger partial charge in [0.05, 0.1) is 13.2 Å². The zero-order chi connectivity index (χ0) is 16.6. The Morgan fingerprint density at radius 3 is 2.50 bits per heavy atom. The van der Waals surface area contributed by atoms with Crippen molar-refractivity contribution < 1.29 is 4.74 Å². The van der Waals surface area contributed by atoms with E-state index in [1.165, 1.54) is 5.56 Å². The number of rotatable bonds is 7. The molecule has 7 nitrogen and oxygen atoms in total. The van der Waals surface area contributed by atoms with E-state index in [0.717, 1.165) is 51.0 Å². The molecule has 0 atom stereocenters. The summed E-state index contributed by atoms with van der Waals surface area (Å²) in [6.45, 7) is 6.07. The number of hydrogen-bond acceptors (Lipinski definition) is 7. The third-order valence-electron chi connectivity index (χ3n) is 3.90. The van der Waals surface area contributed by atoms with Gasteiger partial charge >= 0.3 is 0 Å². The monoisotopic (exact) mass is 328 g/mol. The van der Waals surface area contributed by atoms with Crippen LogP contribution in [0.25, 0.3) is 0 Å². The van der Waals surface area contributed by atoms with Gasteiger partial charge in [0.25, 0.3) is 0 Å². The molecule has 1 aromatic carbocycles. The number of nitrogens with zero attached hydrogens (tertiary/aromatic N) is 3. The molecule has 0 unspecified atom stereocenters. The molecular weight excluding hydrogens is 304 g/mol. The first-order valence-corrected chi connectivity index (χ1v) is 8.26. The molecular formula is C17H24N6O. The number of morpholine rings is 1. The molecule has 3 rings (SSSR count). The third-order valence-corrected chi connectivity index (χ3v) is 3.90. The van der Waals surface area contributed by atoms with Crippen molar-refractivity contribution in [2.45, 2.75) is 6.54 Å². The minimum absolute atomic E-state index is 0.266. The summed E-state index contributed by atoms with van der Waals surface area (Å²) in [5, 5.41) is 6.60. The second-order valence-electron chi connectivity index (χ2n) is 5.72. The molecule has 0 radical (unpaired) electrons. The van der Waals surface area contributed by atoms with Gasteiger partial charge in [0.15, 0.2) is 0 Å². The summed E-state index contributed by atoms with van der Waals surface area (Å²) in [6.07, 6.45) is 0. The van der Waals surface area contributed by atoms with Gasteiger partial charge in [-0.3, -0.25) is 4.90 Å². The summed E-state index contributed by atoms with van der Waals surface area (Å²) in [5.41, 5.74) is 7.00. The topological polar surface area (TPSA) is 88.3 Å². The molecule has 2 heterocycles. The normalized spacial score (nSPS) is 15.2. The van der Waals surface area contributed by atoms with Gasteiger partial charge in [-0.25, -0.2) is 0 Å². The number of anilines is 3. The van der Waals surface area contributed by atoms with Crippen molar-refractivity contribution in [3.8, 4) is 0 Å². The van der Waals surface area contributed by atoms with Gasteiger partial charge in [0, 0.05) is 38.8 Å². The second-order valence-corrected chi connectivity index (χ2v) is 5.72. The first-order valence-electron chi connectivity index (χ1n) is 8.26. The molecule has 128 valence electrons. The zero-order valence-electron chi connectivity index (χ0n) is 13.7. The summed E-state index contributed by atoms with van der Waals surface area (Å²) in [6, 6.07) is 12.1. The molecule has 0 aliphatic carbocycles. The van der Waals surface area contributed by atoms with Crippen LogP contribution in [-0.2, 0) is 11.3 Å². The Hall–Kier alpha value is -2.38. The van der Waals surface area contributed by atoms with Crippen LogP contribution in [0, 0.1) is 0 Å². The Kier molecular flexibility index (Phi) is 5.81. The highest BCUT2D eigenvalue weighted by Crippen LogP contribution is 2.13. The summed E-state index contributed by atoms with van der Waals surface area (Å²) in [5.74, 6) is 1.73. The molecule has 24 heavy (non-hydrogen) atoms. The van der Waals surface area contributed by atoms with Crippen LogP contribution in [0.4, 0.5) is 17.6 Å². The Morgan fingerprint density at radius 1 is 1.04 bits per heavy atom. The van der Waals surface area contributed by atoms with E-state index in [2.05, 4.69) is 37.6 Å². The maximum absolute atomic E-state index is 5.81. The van der Waals surface area contributed by atoms with E-state index in [1.807, 2.05) is 24.3 Å². The average molecular weight is 328 g/mol. The second kappa shape index (κ2) is 8.47. The van der Waals surface area contributed by atoms with Crippen molar-refractivity contribution in [3.05, 3.63) is 42.0 Å². The van der Waals surface area contributed by atoms with Crippen LogP contribution in [0.2, 0.25) is 0 Å². The minimum Gasteiger partial charge on any atom is -0.379 e. The van der Waals surface area contributed by atoms with Gasteiger partial charge in [-0.2, -0.15) is 9.97 Å². The smallest absolute Gasteiger partial charge is 0.223 e. The van der Waals surface area contributed by atoms with Crippen molar-refractivity contribution >= 4 is 17.6 Å². The average Bonchev–Trinajstić information content (AvgIpc) is 2.61. The van der Waals surface area contributed by atoms with Crippen molar-refractivity contribution in [2.24, 2.45) is 0 Å². The van der Waals surface area contributed by atoms with Crippen molar-refractivity contribution in [1.82, 2.24) is 14.9 Å². The lowest BCUT2D eigenvalue weighted by Crippen LogP contribution is -2.39.